The zero-order valence-corrected chi connectivity index (χ0v) is 11.8. The molecule has 0 unspecified atom stereocenters. The molecule has 5 nitrogen and oxygen atoms in total. The molecule has 19 heavy (non-hydrogen) atoms. The van der Waals surface area contributed by atoms with Gasteiger partial charge >= 0.3 is 0 Å². The highest BCUT2D eigenvalue weighted by molar-refractivity contribution is 5.76. The summed E-state index contributed by atoms with van der Waals surface area (Å²) < 4.78 is 5.29. The van der Waals surface area contributed by atoms with E-state index in [4.69, 9.17) is 10.2 Å². The van der Waals surface area contributed by atoms with Crippen LogP contribution in [0.3, 0.4) is 0 Å². The Kier molecular flexibility index (Phi) is 4.45. The molecule has 0 saturated heterocycles. The Morgan fingerprint density at radius 3 is 3.00 bits per heavy atom. The lowest BCUT2D eigenvalue weighted by atomic mass is 10.0. The van der Waals surface area contributed by atoms with E-state index < -0.39 is 0 Å². The van der Waals surface area contributed by atoms with E-state index >= 15 is 0 Å². The molecule has 0 bridgehead atoms. The lowest BCUT2D eigenvalue weighted by Crippen LogP contribution is -2.35. The van der Waals surface area contributed by atoms with Crippen LogP contribution >= 0.6 is 0 Å². The van der Waals surface area contributed by atoms with Gasteiger partial charge in [-0.15, -0.1) is 0 Å². The number of carbonyl (C=O) groups is 1. The number of nitrogens with two attached hydrogens (primary N) is 1. The van der Waals surface area contributed by atoms with Gasteiger partial charge in [0.1, 0.15) is 11.5 Å². The van der Waals surface area contributed by atoms with Crippen LogP contribution in [0.15, 0.2) is 4.42 Å². The number of hydrogen-bond donors (Lipinski definition) is 1. The van der Waals surface area contributed by atoms with Gasteiger partial charge in [0.15, 0.2) is 0 Å². The maximum atomic E-state index is 12.1. The molecule has 0 aliphatic carbocycles. The number of nitrogen functional groups attached to an aromatic ring is 1. The van der Waals surface area contributed by atoms with Crippen molar-refractivity contribution < 1.29 is 9.21 Å². The summed E-state index contributed by atoms with van der Waals surface area (Å²) in [6.45, 7) is 5.68. The summed E-state index contributed by atoms with van der Waals surface area (Å²) in [6.07, 6.45) is 4.64. The van der Waals surface area contributed by atoms with Crippen molar-refractivity contribution in [2.75, 3.05) is 12.3 Å². The second-order valence-corrected chi connectivity index (χ2v) is 5.63. The molecule has 1 aromatic rings. The minimum Gasteiger partial charge on any atom is -0.428 e. The van der Waals surface area contributed by atoms with E-state index in [2.05, 4.69) is 18.8 Å². The number of hydrogen-bond acceptors (Lipinski definition) is 4. The van der Waals surface area contributed by atoms with E-state index in [1.807, 2.05) is 4.90 Å². The molecule has 0 saturated carbocycles. The first-order valence-electron chi connectivity index (χ1n) is 7.08. The van der Waals surface area contributed by atoms with Gasteiger partial charge in [-0.3, -0.25) is 4.79 Å². The van der Waals surface area contributed by atoms with Crippen LogP contribution in [0.1, 0.15) is 51.0 Å². The van der Waals surface area contributed by atoms with Crippen molar-refractivity contribution in [3.63, 3.8) is 0 Å². The molecule has 2 N–H and O–H groups in total. The minimum atomic E-state index is 0.205. The Morgan fingerprint density at radius 1 is 1.47 bits per heavy atom. The summed E-state index contributed by atoms with van der Waals surface area (Å²) in [4.78, 5) is 18.1. The SMILES string of the molecule is CC(C)CCCCC(=O)N1CCc2oc(N)nc2C1. The highest BCUT2D eigenvalue weighted by Crippen LogP contribution is 2.21. The largest absolute Gasteiger partial charge is 0.428 e. The van der Waals surface area contributed by atoms with Gasteiger partial charge in [-0.1, -0.05) is 26.7 Å². The second-order valence-electron chi connectivity index (χ2n) is 5.63. The van der Waals surface area contributed by atoms with Gasteiger partial charge in [0.25, 0.3) is 6.01 Å². The molecule has 0 fully saturated rings. The maximum absolute atomic E-state index is 12.1. The van der Waals surface area contributed by atoms with E-state index in [-0.39, 0.29) is 11.9 Å². The molecule has 2 heterocycles. The first kappa shape index (κ1) is 13.9. The number of aromatic nitrogens is 1. The van der Waals surface area contributed by atoms with Gasteiger partial charge in [-0.2, -0.15) is 4.98 Å². The van der Waals surface area contributed by atoms with Crippen molar-refractivity contribution in [1.82, 2.24) is 9.88 Å². The highest BCUT2D eigenvalue weighted by Gasteiger charge is 2.24. The van der Waals surface area contributed by atoms with E-state index in [1.54, 1.807) is 0 Å². The lowest BCUT2D eigenvalue weighted by molar-refractivity contribution is -0.132. The number of unbranched alkanes of at least 4 members (excludes halogenated alkanes) is 1. The lowest BCUT2D eigenvalue weighted by Gasteiger charge is -2.25. The number of fused-ring (bicyclic) bond motifs is 1. The summed E-state index contributed by atoms with van der Waals surface area (Å²) in [5.74, 6) is 1.77. The summed E-state index contributed by atoms with van der Waals surface area (Å²) >= 11 is 0. The minimum absolute atomic E-state index is 0.205. The number of carbonyl (C=O) groups excluding carboxylic acids is 1. The average Bonchev–Trinajstić information content (AvgIpc) is 2.73. The van der Waals surface area contributed by atoms with Crippen LogP contribution < -0.4 is 5.73 Å². The molecule has 0 atom stereocenters. The monoisotopic (exact) mass is 265 g/mol. The fourth-order valence-electron chi connectivity index (χ4n) is 2.42. The Bertz CT molecular complexity index is 440. The molecular weight excluding hydrogens is 242 g/mol. The molecule has 0 radical (unpaired) electrons. The van der Waals surface area contributed by atoms with E-state index in [9.17, 15) is 4.79 Å². The van der Waals surface area contributed by atoms with Crippen molar-refractivity contribution >= 4 is 11.9 Å². The third-order valence-corrected chi connectivity index (χ3v) is 3.52. The molecule has 1 aliphatic rings. The fraction of sp³-hybridized carbons (Fsp3) is 0.714. The third kappa shape index (κ3) is 3.72. The number of nitrogens with zero attached hydrogens (tertiary/aromatic N) is 2. The van der Waals surface area contributed by atoms with Gasteiger partial charge in [0, 0.05) is 19.4 Å². The second kappa shape index (κ2) is 6.08. The van der Waals surface area contributed by atoms with Gasteiger partial charge in [0.2, 0.25) is 5.91 Å². The Labute approximate surface area is 114 Å². The molecule has 0 spiro atoms. The summed E-state index contributed by atoms with van der Waals surface area (Å²) in [7, 11) is 0. The summed E-state index contributed by atoms with van der Waals surface area (Å²) in [6, 6.07) is 0.205. The molecular formula is C14H23N3O2. The number of rotatable bonds is 5. The fourth-order valence-corrected chi connectivity index (χ4v) is 2.42. The third-order valence-electron chi connectivity index (χ3n) is 3.52. The molecule has 106 valence electrons. The van der Waals surface area contributed by atoms with Crippen molar-refractivity contribution in [2.24, 2.45) is 5.92 Å². The average molecular weight is 265 g/mol. The molecule has 5 heteroatoms. The predicted molar refractivity (Wildman–Crippen MR) is 73.3 cm³/mol. The van der Waals surface area contributed by atoms with Crippen LogP contribution in [0.2, 0.25) is 0 Å². The molecule has 1 aromatic heterocycles. The number of amides is 1. The Hall–Kier alpha value is -1.52. The van der Waals surface area contributed by atoms with Crippen LogP contribution in [-0.2, 0) is 17.8 Å². The normalized spacial score (nSPS) is 14.8. The van der Waals surface area contributed by atoms with E-state index in [0.717, 1.165) is 30.7 Å². The van der Waals surface area contributed by atoms with Crippen LogP contribution in [0.5, 0.6) is 0 Å². The van der Waals surface area contributed by atoms with Crippen LogP contribution in [0.4, 0.5) is 6.01 Å². The molecule has 1 amide bonds. The molecule has 1 aliphatic heterocycles. The van der Waals surface area contributed by atoms with Crippen molar-refractivity contribution in [3.05, 3.63) is 11.5 Å². The smallest absolute Gasteiger partial charge is 0.292 e. The maximum Gasteiger partial charge on any atom is 0.292 e. The first-order valence-corrected chi connectivity index (χ1v) is 7.08. The highest BCUT2D eigenvalue weighted by atomic mass is 16.4. The molecule has 2 rings (SSSR count). The zero-order chi connectivity index (χ0) is 13.8. The standard InChI is InChI=1S/C14H23N3O2/c1-10(2)5-3-4-6-13(18)17-8-7-12-11(9-17)16-14(15)19-12/h10H,3-9H2,1-2H3,(H2,15,16). The first-order chi connectivity index (χ1) is 9.06. The van der Waals surface area contributed by atoms with Crippen LogP contribution in [0.25, 0.3) is 0 Å². The van der Waals surface area contributed by atoms with E-state index in [0.29, 0.717) is 25.4 Å². The van der Waals surface area contributed by atoms with Gasteiger partial charge in [-0.05, 0) is 12.3 Å². The van der Waals surface area contributed by atoms with Crippen molar-refractivity contribution in [1.29, 1.82) is 0 Å². The summed E-state index contributed by atoms with van der Waals surface area (Å²) in [5.41, 5.74) is 6.34. The predicted octanol–water partition coefficient (Wildman–Crippen LogP) is 2.36. The Morgan fingerprint density at radius 2 is 2.26 bits per heavy atom. The van der Waals surface area contributed by atoms with Gasteiger partial charge in [-0.25, -0.2) is 0 Å². The van der Waals surface area contributed by atoms with Gasteiger partial charge < -0.3 is 15.1 Å². The molecule has 0 aromatic carbocycles. The van der Waals surface area contributed by atoms with E-state index in [1.165, 1.54) is 6.42 Å². The van der Waals surface area contributed by atoms with Crippen LogP contribution in [-0.4, -0.2) is 22.3 Å². The summed E-state index contributed by atoms with van der Waals surface area (Å²) in [5, 5.41) is 0. The zero-order valence-electron chi connectivity index (χ0n) is 11.8. The number of oxazole rings is 1. The topological polar surface area (TPSA) is 72.4 Å². The van der Waals surface area contributed by atoms with Gasteiger partial charge in [0.05, 0.1) is 6.54 Å². The quantitative estimate of drug-likeness (QED) is 0.829. The van der Waals surface area contributed by atoms with Crippen LogP contribution in [0, 0.1) is 5.92 Å². The van der Waals surface area contributed by atoms with Crippen molar-refractivity contribution in [2.45, 2.75) is 52.5 Å². The van der Waals surface area contributed by atoms with Crippen molar-refractivity contribution in [3.8, 4) is 0 Å². The number of anilines is 1. The Balaban J connectivity index is 1.78.